The number of benzene rings is 1. The Balaban J connectivity index is 2.55. The van der Waals surface area contributed by atoms with Crippen LogP contribution in [0, 0.1) is 0 Å². The van der Waals surface area contributed by atoms with E-state index in [1.165, 1.54) is 44.0 Å². The molecule has 1 rings (SSSR count). The molecule has 22 heavy (non-hydrogen) atoms. The van der Waals surface area contributed by atoms with Crippen molar-refractivity contribution < 1.29 is 23.9 Å². The van der Waals surface area contributed by atoms with Crippen LogP contribution in [0.3, 0.4) is 0 Å². The lowest BCUT2D eigenvalue weighted by molar-refractivity contribution is -0.140. The minimum absolute atomic E-state index is 0.161. The van der Waals surface area contributed by atoms with Crippen molar-refractivity contribution in [1.82, 2.24) is 0 Å². The second kappa shape index (κ2) is 9.32. The molecule has 0 saturated carbocycles. The molecule has 0 fully saturated rings. The predicted octanol–water partition coefficient (Wildman–Crippen LogP) is 2.36. The van der Waals surface area contributed by atoms with Crippen molar-refractivity contribution in [2.75, 3.05) is 30.5 Å². The van der Waals surface area contributed by atoms with Crippen molar-refractivity contribution in [1.29, 1.82) is 0 Å². The van der Waals surface area contributed by atoms with E-state index >= 15 is 0 Å². The van der Waals surface area contributed by atoms with Crippen LogP contribution >= 0.6 is 23.4 Å². The summed E-state index contributed by atoms with van der Waals surface area (Å²) in [6.45, 7) is 1.57. The molecule has 8 heteroatoms. The van der Waals surface area contributed by atoms with Crippen LogP contribution in [0.1, 0.15) is 17.3 Å². The molecule has 1 N–H and O–H groups in total. The van der Waals surface area contributed by atoms with Gasteiger partial charge in [-0.1, -0.05) is 11.6 Å². The Labute approximate surface area is 137 Å². The number of nitrogens with one attached hydrogen (secondary N) is 1. The second-order valence-electron chi connectivity index (χ2n) is 4.12. The number of carbonyl (C=O) groups is 3. The van der Waals surface area contributed by atoms with Crippen molar-refractivity contribution in [2.45, 2.75) is 6.92 Å². The van der Waals surface area contributed by atoms with Crippen molar-refractivity contribution in [2.24, 2.45) is 0 Å². The Bertz CT molecular complexity index is 564. The monoisotopic (exact) mass is 345 g/mol. The van der Waals surface area contributed by atoms with Crippen LogP contribution in [0.5, 0.6) is 0 Å². The average molecular weight is 346 g/mol. The number of methoxy groups -OCH3 is 1. The summed E-state index contributed by atoms with van der Waals surface area (Å²) in [4.78, 5) is 34.0. The maximum absolute atomic E-state index is 11.8. The van der Waals surface area contributed by atoms with Crippen molar-refractivity contribution in [3.8, 4) is 0 Å². The number of esters is 2. The smallest absolute Gasteiger partial charge is 0.339 e. The third-order valence-electron chi connectivity index (χ3n) is 2.43. The Kier molecular flexibility index (Phi) is 7.76. The molecule has 0 radical (unpaired) electrons. The molecule has 0 bridgehead atoms. The Hall–Kier alpha value is -1.73. The number of thioether (sulfide) groups is 1. The highest BCUT2D eigenvalue weighted by Gasteiger charge is 2.14. The van der Waals surface area contributed by atoms with Gasteiger partial charge < -0.3 is 14.8 Å². The minimum atomic E-state index is -0.561. The van der Waals surface area contributed by atoms with Crippen molar-refractivity contribution >= 4 is 46.9 Å². The third kappa shape index (κ3) is 6.36. The van der Waals surface area contributed by atoms with Crippen LogP contribution in [-0.4, -0.2) is 43.1 Å². The lowest BCUT2D eigenvalue weighted by Crippen LogP contribution is -2.17. The first-order valence-corrected chi connectivity index (χ1v) is 7.86. The summed E-state index contributed by atoms with van der Waals surface area (Å²) in [5.74, 6) is -0.540. The lowest BCUT2D eigenvalue weighted by Gasteiger charge is -2.10. The molecule has 120 valence electrons. The molecule has 0 heterocycles. The summed E-state index contributed by atoms with van der Waals surface area (Å²) in [6, 6.07) is 4.50. The topological polar surface area (TPSA) is 81.7 Å². The van der Waals surface area contributed by atoms with Crippen molar-refractivity contribution in [3.05, 3.63) is 28.8 Å². The fourth-order valence-corrected chi connectivity index (χ4v) is 2.28. The first-order valence-electron chi connectivity index (χ1n) is 6.33. The fourth-order valence-electron chi connectivity index (χ4n) is 1.50. The molecule has 0 aromatic heterocycles. The summed E-state index contributed by atoms with van der Waals surface area (Å²) in [5, 5.41) is 3.01. The van der Waals surface area contributed by atoms with Gasteiger partial charge in [-0.25, -0.2) is 4.79 Å². The number of amides is 1. The Morgan fingerprint density at radius 3 is 2.68 bits per heavy atom. The first kappa shape index (κ1) is 18.3. The van der Waals surface area contributed by atoms with Gasteiger partial charge in [0.25, 0.3) is 0 Å². The molecule has 0 atom stereocenters. The van der Waals surface area contributed by atoms with Gasteiger partial charge in [0.2, 0.25) is 5.91 Å². The normalized spacial score (nSPS) is 9.95. The van der Waals surface area contributed by atoms with Gasteiger partial charge in [0.15, 0.2) is 0 Å². The SMILES string of the molecule is COC(=O)c1ccc(Cl)cc1NC(=O)CSCCOC(C)=O. The molecule has 0 saturated heterocycles. The van der Waals surface area contributed by atoms with E-state index in [0.717, 1.165) is 0 Å². The molecule has 0 spiro atoms. The van der Waals surface area contributed by atoms with Crippen LogP contribution in [0.2, 0.25) is 5.02 Å². The number of halogens is 1. The minimum Gasteiger partial charge on any atom is -0.465 e. The van der Waals surface area contributed by atoms with E-state index in [-0.39, 0.29) is 29.8 Å². The molecular weight excluding hydrogens is 330 g/mol. The van der Waals surface area contributed by atoms with E-state index in [9.17, 15) is 14.4 Å². The van der Waals surface area contributed by atoms with Crippen LogP contribution in [-0.2, 0) is 19.1 Å². The maximum Gasteiger partial charge on any atom is 0.339 e. The summed E-state index contributed by atoms with van der Waals surface area (Å²) < 4.78 is 9.40. The van der Waals surface area contributed by atoms with Gasteiger partial charge in [0, 0.05) is 17.7 Å². The Morgan fingerprint density at radius 2 is 2.05 bits per heavy atom. The quantitative estimate of drug-likeness (QED) is 0.603. The second-order valence-corrected chi connectivity index (χ2v) is 5.66. The maximum atomic E-state index is 11.8. The van der Waals surface area contributed by atoms with Gasteiger partial charge in [-0.2, -0.15) is 0 Å². The van der Waals surface area contributed by atoms with Crippen LogP contribution in [0.25, 0.3) is 0 Å². The highest BCUT2D eigenvalue weighted by molar-refractivity contribution is 7.99. The van der Waals surface area contributed by atoms with E-state index in [4.69, 9.17) is 16.3 Å². The highest BCUT2D eigenvalue weighted by atomic mass is 35.5. The molecule has 0 unspecified atom stereocenters. The van der Waals surface area contributed by atoms with Crippen LogP contribution in [0.15, 0.2) is 18.2 Å². The number of rotatable bonds is 7. The molecule has 1 aromatic rings. The molecule has 1 aromatic carbocycles. The van der Waals surface area contributed by atoms with Gasteiger partial charge in [-0.3, -0.25) is 9.59 Å². The van der Waals surface area contributed by atoms with Gasteiger partial charge in [0.1, 0.15) is 6.61 Å². The molecule has 1 amide bonds. The van der Waals surface area contributed by atoms with Crippen LogP contribution < -0.4 is 5.32 Å². The van der Waals surface area contributed by atoms with Gasteiger partial charge in [0.05, 0.1) is 24.1 Å². The van der Waals surface area contributed by atoms with Gasteiger partial charge >= 0.3 is 11.9 Å². The largest absolute Gasteiger partial charge is 0.465 e. The number of carbonyl (C=O) groups excluding carboxylic acids is 3. The predicted molar refractivity (Wildman–Crippen MR) is 85.4 cm³/mol. The van der Waals surface area contributed by atoms with E-state index in [0.29, 0.717) is 16.5 Å². The molecule has 0 aliphatic rings. The number of hydrogen-bond donors (Lipinski definition) is 1. The Morgan fingerprint density at radius 1 is 1.32 bits per heavy atom. The zero-order valence-electron chi connectivity index (χ0n) is 12.2. The summed E-state index contributed by atoms with van der Waals surface area (Å²) in [5.41, 5.74) is 0.523. The summed E-state index contributed by atoms with van der Waals surface area (Å²) in [6.07, 6.45) is 0. The standard InChI is InChI=1S/C14H16ClNO5S/c1-9(17)21-5-6-22-8-13(18)16-12-7-10(15)3-4-11(12)14(19)20-2/h3-4,7H,5-6,8H2,1-2H3,(H,16,18). The van der Waals surface area contributed by atoms with E-state index in [1.807, 2.05) is 0 Å². The van der Waals surface area contributed by atoms with Crippen molar-refractivity contribution in [3.63, 3.8) is 0 Å². The van der Waals surface area contributed by atoms with E-state index in [2.05, 4.69) is 10.1 Å². The average Bonchev–Trinajstić information content (AvgIpc) is 2.46. The van der Waals surface area contributed by atoms with Gasteiger partial charge in [-0.05, 0) is 18.2 Å². The number of ether oxygens (including phenoxy) is 2. The number of anilines is 1. The first-order chi connectivity index (χ1) is 10.4. The summed E-state index contributed by atoms with van der Waals surface area (Å²) in [7, 11) is 1.26. The third-order valence-corrected chi connectivity index (χ3v) is 3.58. The molecule has 0 aliphatic carbocycles. The van der Waals surface area contributed by atoms with Gasteiger partial charge in [-0.15, -0.1) is 11.8 Å². The highest BCUT2D eigenvalue weighted by Crippen LogP contribution is 2.22. The molecular formula is C14H16ClNO5S. The fraction of sp³-hybridized carbons (Fsp3) is 0.357. The van der Waals surface area contributed by atoms with Crippen LogP contribution in [0.4, 0.5) is 5.69 Å². The summed E-state index contributed by atoms with van der Waals surface area (Å²) >= 11 is 7.17. The number of hydrogen-bond acceptors (Lipinski definition) is 6. The molecule has 6 nitrogen and oxygen atoms in total. The lowest BCUT2D eigenvalue weighted by atomic mass is 10.2. The zero-order chi connectivity index (χ0) is 16.5. The zero-order valence-corrected chi connectivity index (χ0v) is 13.8. The van der Waals surface area contributed by atoms with E-state index in [1.54, 1.807) is 0 Å². The van der Waals surface area contributed by atoms with E-state index < -0.39 is 5.97 Å². The molecule has 0 aliphatic heterocycles.